The Morgan fingerprint density at radius 2 is 1.82 bits per heavy atom. The first kappa shape index (κ1) is 26.7. The molecule has 1 aliphatic rings. The summed E-state index contributed by atoms with van der Waals surface area (Å²) in [7, 11) is 0. The van der Waals surface area contributed by atoms with Gasteiger partial charge in [-0.15, -0.1) is 0 Å². The van der Waals surface area contributed by atoms with Gasteiger partial charge < -0.3 is 13.9 Å². The number of ether oxygens (including phenoxy) is 2. The Kier molecular flexibility index (Phi) is 8.11. The molecule has 1 aromatic carbocycles. The fourth-order valence-corrected chi connectivity index (χ4v) is 5.07. The average molecular weight is 536 g/mol. The number of rotatable bonds is 9. The molecule has 0 N–H and O–H groups in total. The summed E-state index contributed by atoms with van der Waals surface area (Å²) in [6.07, 6.45) is 7.82. The first-order valence-electron chi connectivity index (χ1n) is 13.1. The third kappa shape index (κ3) is 6.22. The second kappa shape index (κ2) is 11.9. The molecule has 0 aliphatic carbocycles. The van der Waals surface area contributed by atoms with Gasteiger partial charge in [-0.2, -0.15) is 8.78 Å². The van der Waals surface area contributed by atoms with E-state index in [1.807, 2.05) is 49.0 Å². The van der Waals surface area contributed by atoms with E-state index in [0.717, 1.165) is 59.9 Å². The lowest BCUT2D eigenvalue weighted by Gasteiger charge is -2.30. The van der Waals surface area contributed by atoms with Crippen molar-refractivity contribution in [2.45, 2.75) is 45.6 Å². The summed E-state index contributed by atoms with van der Waals surface area (Å²) in [6.45, 7) is 3.17. The normalized spacial score (nSPS) is 14.7. The smallest absolute Gasteiger partial charge is 0.387 e. The summed E-state index contributed by atoms with van der Waals surface area (Å²) in [4.78, 5) is 27.9. The molecule has 10 heteroatoms. The maximum atomic E-state index is 12.9. The number of nitrogens with zero attached hydrogens (tertiary/aromatic N) is 5. The van der Waals surface area contributed by atoms with E-state index >= 15 is 0 Å². The highest BCUT2D eigenvalue weighted by molar-refractivity contribution is 5.71. The van der Waals surface area contributed by atoms with Crippen LogP contribution in [0.4, 0.5) is 8.78 Å². The van der Waals surface area contributed by atoms with Crippen LogP contribution in [0.3, 0.4) is 0 Å². The Labute approximate surface area is 225 Å². The van der Waals surface area contributed by atoms with E-state index in [1.165, 1.54) is 0 Å². The van der Waals surface area contributed by atoms with Crippen molar-refractivity contribution in [3.05, 3.63) is 77.8 Å². The summed E-state index contributed by atoms with van der Waals surface area (Å²) in [5.41, 5.74) is 4.94. The third-order valence-electron chi connectivity index (χ3n) is 7.08. The molecule has 3 aromatic heterocycles. The van der Waals surface area contributed by atoms with E-state index in [2.05, 4.69) is 19.9 Å². The number of fused-ring (bicyclic) bond motifs is 1. The van der Waals surface area contributed by atoms with Crippen molar-refractivity contribution in [1.29, 1.82) is 0 Å². The van der Waals surface area contributed by atoms with Crippen molar-refractivity contribution in [2.75, 3.05) is 26.2 Å². The van der Waals surface area contributed by atoms with Gasteiger partial charge >= 0.3 is 12.6 Å². The minimum Gasteiger partial charge on any atom is -0.465 e. The van der Waals surface area contributed by atoms with Gasteiger partial charge in [0.2, 0.25) is 0 Å². The van der Waals surface area contributed by atoms with Crippen LogP contribution in [0.2, 0.25) is 0 Å². The number of benzene rings is 1. The molecular formula is C29H31F2N5O3. The third-order valence-corrected chi connectivity index (χ3v) is 7.08. The molecule has 0 saturated carbocycles. The van der Waals surface area contributed by atoms with Crippen LogP contribution < -0.4 is 4.74 Å². The lowest BCUT2D eigenvalue weighted by Crippen LogP contribution is -2.37. The van der Waals surface area contributed by atoms with Gasteiger partial charge in [-0.25, -0.2) is 15.0 Å². The van der Waals surface area contributed by atoms with Gasteiger partial charge in [0.15, 0.2) is 0 Å². The molecule has 1 saturated heterocycles. The molecule has 1 fully saturated rings. The van der Waals surface area contributed by atoms with Crippen LogP contribution in [0, 0.1) is 6.92 Å². The minimum atomic E-state index is -2.89. The number of esters is 1. The molecule has 0 spiro atoms. The number of hydrogen-bond donors (Lipinski definition) is 0. The number of aromatic nitrogens is 4. The Hall–Kier alpha value is -3.92. The fraction of sp³-hybridized carbons (Fsp3) is 0.379. The van der Waals surface area contributed by atoms with Crippen LogP contribution in [-0.2, 0) is 16.0 Å². The molecule has 0 atom stereocenters. The van der Waals surface area contributed by atoms with E-state index in [-0.39, 0.29) is 17.6 Å². The highest BCUT2D eigenvalue weighted by Gasteiger charge is 2.24. The zero-order valence-corrected chi connectivity index (χ0v) is 22.0. The van der Waals surface area contributed by atoms with E-state index < -0.39 is 6.61 Å². The molecule has 1 aliphatic heterocycles. The Bertz CT molecular complexity index is 1430. The molecule has 0 bridgehead atoms. The topological polar surface area (TPSA) is 81.8 Å². The number of pyridine rings is 1. The van der Waals surface area contributed by atoms with Gasteiger partial charge in [0.1, 0.15) is 17.2 Å². The summed E-state index contributed by atoms with van der Waals surface area (Å²) in [5.74, 6) is 1.04. The van der Waals surface area contributed by atoms with Crippen LogP contribution >= 0.6 is 0 Å². The zero-order valence-electron chi connectivity index (χ0n) is 22.0. The standard InChI is InChI=1S/C29H31F2N5O3/c1-3-38-27(37)18-35-12-10-20(11-13-35)28-32-15-23(16-33-28)22-8-9-26-34-19(2)24(36(26)17-22)14-21-6-4-5-7-25(21)39-29(30)31/h4-9,15-17,20,29H,3,10-14,18H2,1-2H3. The van der Waals surface area contributed by atoms with Crippen LogP contribution in [0.25, 0.3) is 16.8 Å². The molecule has 0 unspecified atom stereocenters. The van der Waals surface area contributed by atoms with Gasteiger partial charge in [-0.1, -0.05) is 18.2 Å². The molecule has 4 aromatic rings. The maximum absolute atomic E-state index is 12.9. The van der Waals surface area contributed by atoms with E-state index in [0.29, 0.717) is 25.1 Å². The van der Waals surface area contributed by atoms with Gasteiger partial charge in [-0.3, -0.25) is 9.69 Å². The van der Waals surface area contributed by atoms with Crippen molar-refractivity contribution in [3.8, 4) is 16.9 Å². The minimum absolute atomic E-state index is 0.161. The Morgan fingerprint density at radius 1 is 1.08 bits per heavy atom. The molecule has 8 nitrogen and oxygen atoms in total. The van der Waals surface area contributed by atoms with Gasteiger partial charge in [0.25, 0.3) is 0 Å². The van der Waals surface area contributed by atoms with Crippen molar-refractivity contribution in [1.82, 2.24) is 24.3 Å². The number of halogens is 2. The summed E-state index contributed by atoms with van der Waals surface area (Å²) >= 11 is 0. The number of alkyl halides is 2. The predicted molar refractivity (Wildman–Crippen MR) is 142 cm³/mol. The Balaban J connectivity index is 1.32. The summed E-state index contributed by atoms with van der Waals surface area (Å²) < 4.78 is 37.6. The van der Waals surface area contributed by atoms with Crippen molar-refractivity contribution in [3.63, 3.8) is 0 Å². The van der Waals surface area contributed by atoms with Crippen molar-refractivity contribution < 1.29 is 23.0 Å². The summed E-state index contributed by atoms with van der Waals surface area (Å²) in [6, 6.07) is 10.7. The number of imidazole rings is 1. The molecule has 4 heterocycles. The number of likely N-dealkylation sites (tertiary alicyclic amines) is 1. The van der Waals surface area contributed by atoms with E-state index in [9.17, 15) is 13.6 Å². The first-order chi connectivity index (χ1) is 18.9. The SMILES string of the molecule is CCOC(=O)CN1CCC(c2ncc(-c3ccc4nc(C)c(Cc5ccccc5OC(F)F)n4c3)cn2)CC1. The van der Waals surface area contributed by atoms with Crippen LogP contribution in [0.15, 0.2) is 55.0 Å². The van der Waals surface area contributed by atoms with Crippen LogP contribution in [0.1, 0.15) is 48.5 Å². The zero-order chi connectivity index (χ0) is 27.4. The molecule has 204 valence electrons. The molecule has 0 amide bonds. The van der Waals surface area contributed by atoms with Gasteiger partial charge in [-0.05, 0) is 58.0 Å². The summed E-state index contributed by atoms with van der Waals surface area (Å²) in [5, 5.41) is 0. The van der Waals surface area contributed by atoms with Crippen LogP contribution in [0.5, 0.6) is 5.75 Å². The van der Waals surface area contributed by atoms with Gasteiger partial charge in [0, 0.05) is 53.3 Å². The number of carbonyl (C=O) groups excluding carboxylic acids is 1. The molecule has 39 heavy (non-hydrogen) atoms. The lowest BCUT2D eigenvalue weighted by atomic mass is 9.96. The van der Waals surface area contributed by atoms with Crippen molar-refractivity contribution in [2.24, 2.45) is 0 Å². The maximum Gasteiger partial charge on any atom is 0.387 e. The molecule has 0 radical (unpaired) electrons. The molecule has 5 rings (SSSR count). The average Bonchev–Trinajstić information content (AvgIpc) is 3.24. The van der Waals surface area contributed by atoms with E-state index in [1.54, 1.807) is 24.3 Å². The second-order valence-electron chi connectivity index (χ2n) is 9.64. The molecular weight excluding hydrogens is 504 g/mol. The monoisotopic (exact) mass is 535 g/mol. The lowest BCUT2D eigenvalue weighted by molar-refractivity contribution is -0.144. The Morgan fingerprint density at radius 3 is 2.54 bits per heavy atom. The van der Waals surface area contributed by atoms with Crippen molar-refractivity contribution >= 4 is 11.6 Å². The number of carbonyl (C=O) groups is 1. The number of para-hydroxylation sites is 1. The highest BCUT2D eigenvalue weighted by atomic mass is 19.3. The first-order valence-corrected chi connectivity index (χ1v) is 13.1. The second-order valence-corrected chi connectivity index (χ2v) is 9.64. The van der Waals surface area contributed by atoms with Gasteiger partial charge in [0.05, 0.1) is 18.8 Å². The predicted octanol–water partition coefficient (Wildman–Crippen LogP) is 5.03. The number of piperidine rings is 1. The number of hydrogen-bond acceptors (Lipinski definition) is 7. The largest absolute Gasteiger partial charge is 0.465 e. The van der Waals surface area contributed by atoms with E-state index in [4.69, 9.17) is 9.47 Å². The highest BCUT2D eigenvalue weighted by Crippen LogP contribution is 2.29. The number of aryl methyl sites for hydroxylation is 1. The quantitative estimate of drug-likeness (QED) is 0.278. The van der Waals surface area contributed by atoms with Crippen LogP contribution in [-0.4, -0.2) is 63.1 Å². The fourth-order valence-electron chi connectivity index (χ4n) is 5.07.